The summed E-state index contributed by atoms with van der Waals surface area (Å²) in [7, 11) is 0. The van der Waals surface area contributed by atoms with Gasteiger partial charge in [-0.2, -0.15) is 0 Å². The monoisotopic (exact) mass is 670 g/mol. The van der Waals surface area contributed by atoms with Gasteiger partial charge in [0, 0.05) is 50.2 Å². The van der Waals surface area contributed by atoms with Crippen LogP contribution in [0.3, 0.4) is 0 Å². The van der Waals surface area contributed by atoms with Gasteiger partial charge < -0.3 is 35.0 Å². The van der Waals surface area contributed by atoms with E-state index in [1.807, 2.05) is 0 Å². The molecule has 0 unspecified atom stereocenters. The molecule has 0 amide bonds. The molecule has 0 radical (unpaired) electrons. The van der Waals surface area contributed by atoms with E-state index in [-0.39, 0.29) is 48.2 Å². The predicted molar refractivity (Wildman–Crippen MR) is 168 cm³/mol. The molecule has 1 aromatic rings. The van der Waals surface area contributed by atoms with Gasteiger partial charge in [0.05, 0.1) is 27.7 Å². The maximum Gasteiger partial charge on any atom is 0.302 e. The van der Waals surface area contributed by atoms with Crippen LogP contribution in [0.15, 0.2) is 49.5 Å². The molecule has 2 fully saturated rings. The van der Waals surface area contributed by atoms with Gasteiger partial charge in [-0.1, -0.05) is 6.07 Å². The number of carbonyl (C=O) groups excluding carboxylic acids is 2. The fraction of sp³-hybridized carbons (Fsp3) is 0.333. The summed E-state index contributed by atoms with van der Waals surface area (Å²) in [5.74, 6) is -4.41. The van der Waals surface area contributed by atoms with Crippen molar-refractivity contribution < 1.29 is 44.6 Å². The highest BCUT2D eigenvalue weighted by molar-refractivity contribution is 5.99. The Kier molecular flexibility index (Phi) is 6.53. The SMILES string of the molecule is CC(=O)O[C@H](C)[C@H]1[C@@](C)(O)CC(=O)[C@]23O[C@]12C(O)=c1cc/c(=c2/ccc4c(=O)c5/c(=C(/C)O)c(C)cc(=O)c=5c(=O)c=4c2=O)c(O)c1[C@H]3O. The number of hydrogen-bond acceptors (Lipinski definition) is 13. The summed E-state index contributed by atoms with van der Waals surface area (Å²) < 4.78 is 11.3. The summed E-state index contributed by atoms with van der Waals surface area (Å²) >= 11 is 0. The summed E-state index contributed by atoms with van der Waals surface area (Å²) in [6.45, 7) is 6.71. The molecule has 49 heavy (non-hydrogen) atoms. The fourth-order valence-electron chi connectivity index (χ4n) is 8.63. The summed E-state index contributed by atoms with van der Waals surface area (Å²) in [4.78, 5) is 79.8. The van der Waals surface area contributed by atoms with Gasteiger partial charge in [-0.05, 0) is 57.5 Å². The Morgan fingerprint density at radius 1 is 0.898 bits per heavy atom. The highest BCUT2D eigenvalue weighted by Gasteiger charge is 2.89. The lowest BCUT2D eigenvalue weighted by Crippen LogP contribution is -2.64. The summed E-state index contributed by atoms with van der Waals surface area (Å²) in [5, 5.41) is 54.2. The second-order valence-electron chi connectivity index (χ2n) is 13.4. The van der Waals surface area contributed by atoms with Crippen LogP contribution in [0.4, 0.5) is 0 Å². The van der Waals surface area contributed by atoms with Gasteiger partial charge in [0.2, 0.25) is 5.43 Å². The standard InChI is InChI=1S/C36H30O13/c1-12-10-20(39)25-26(22(12)13(2)37)29(43)18-8-6-16(27(41)23(18)30(25)44)17-7-9-19-24(28(17)42)33(46)35-21(40)11-34(5,47)31(14(3)48-15(4)38)36(35,49-35)32(19)45/h6-10,14,31,33,37,42,45-47H,11H2,1-5H3/b17-16+,22-13-/t14-,31+,33-,34+,35-,36+/m1/s1. The van der Waals surface area contributed by atoms with Crippen LogP contribution in [-0.2, 0) is 19.1 Å². The molecule has 1 aromatic carbocycles. The maximum absolute atomic E-state index is 14.0. The first-order valence-electron chi connectivity index (χ1n) is 15.4. The minimum atomic E-state index is -2.19. The molecule has 6 atom stereocenters. The van der Waals surface area contributed by atoms with Crippen molar-refractivity contribution in [2.45, 2.75) is 70.1 Å². The summed E-state index contributed by atoms with van der Waals surface area (Å²) in [5.41, 5.74) is -9.90. The largest absolute Gasteiger partial charge is 0.512 e. The van der Waals surface area contributed by atoms with Gasteiger partial charge in [0.25, 0.3) is 0 Å². The molecular weight excluding hydrogens is 640 g/mol. The number of fused-ring (bicyclic) bond motifs is 1. The number of hydrogen-bond donors (Lipinski definition) is 5. The number of aliphatic hydroxyl groups is 4. The van der Waals surface area contributed by atoms with Crippen molar-refractivity contribution in [3.05, 3.63) is 124 Å². The third-order valence-corrected chi connectivity index (χ3v) is 10.4. The molecule has 0 aromatic heterocycles. The minimum absolute atomic E-state index is 0.00788. The van der Waals surface area contributed by atoms with Crippen LogP contribution < -0.4 is 32.2 Å². The van der Waals surface area contributed by atoms with Crippen molar-refractivity contribution >= 4 is 23.3 Å². The normalized spacial score (nSPS) is 29.2. The van der Waals surface area contributed by atoms with Crippen LogP contribution in [0.5, 0.6) is 5.75 Å². The summed E-state index contributed by atoms with van der Waals surface area (Å²) in [6, 6.07) is 5.90. The van der Waals surface area contributed by atoms with Gasteiger partial charge in [-0.15, -0.1) is 0 Å². The minimum Gasteiger partial charge on any atom is -0.512 e. The number of carbonyl (C=O) groups is 2. The van der Waals surface area contributed by atoms with E-state index in [9.17, 15) is 54.3 Å². The van der Waals surface area contributed by atoms with Crippen LogP contribution in [0.2, 0.25) is 0 Å². The van der Waals surface area contributed by atoms with Crippen molar-refractivity contribution in [1.82, 2.24) is 0 Å². The lowest BCUT2D eigenvalue weighted by molar-refractivity contribution is -0.162. The number of phenols is 1. The first kappa shape index (κ1) is 32.3. The molecular formula is C36H30O13. The number of aryl methyl sites for hydroxylation is 1. The van der Waals surface area contributed by atoms with Crippen LogP contribution in [0.1, 0.15) is 51.3 Å². The van der Waals surface area contributed by atoms with Crippen LogP contribution in [0.25, 0.3) is 11.5 Å². The third-order valence-electron chi connectivity index (χ3n) is 10.4. The number of aromatic hydroxyl groups is 1. The second kappa shape index (κ2) is 9.91. The first-order chi connectivity index (χ1) is 22.8. The number of benzene rings is 1. The van der Waals surface area contributed by atoms with Crippen molar-refractivity contribution in [2.24, 2.45) is 5.92 Å². The molecule has 6 aliphatic rings. The number of phenolic OH excluding ortho intramolecular Hbond substituents is 1. The zero-order chi connectivity index (χ0) is 35.9. The topological polar surface area (TPSA) is 225 Å². The maximum atomic E-state index is 14.0. The number of aliphatic hydroxyl groups excluding tert-OH is 3. The Morgan fingerprint density at radius 2 is 1.49 bits per heavy atom. The highest BCUT2D eigenvalue weighted by atomic mass is 16.7. The number of ketones is 1. The fourth-order valence-corrected chi connectivity index (χ4v) is 8.63. The lowest BCUT2D eigenvalue weighted by Gasteiger charge is -2.46. The molecule has 13 heteroatoms. The van der Waals surface area contributed by atoms with E-state index >= 15 is 0 Å². The molecule has 5 N–H and O–H groups in total. The van der Waals surface area contributed by atoms with E-state index in [4.69, 9.17) is 9.47 Å². The molecule has 252 valence electrons. The zero-order valence-electron chi connectivity index (χ0n) is 26.8. The molecule has 1 saturated heterocycles. The average Bonchev–Trinajstić information content (AvgIpc) is 3.70. The molecule has 5 aliphatic carbocycles. The van der Waals surface area contributed by atoms with Gasteiger partial charge in [0.15, 0.2) is 33.3 Å². The molecule has 0 spiro atoms. The molecule has 1 aliphatic heterocycles. The molecule has 1 saturated carbocycles. The Bertz CT molecular complexity index is 2810. The van der Waals surface area contributed by atoms with E-state index in [1.165, 1.54) is 52.0 Å². The number of epoxide rings is 1. The van der Waals surface area contributed by atoms with Crippen LogP contribution in [-0.4, -0.2) is 60.2 Å². The van der Waals surface area contributed by atoms with E-state index in [1.54, 1.807) is 0 Å². The quantitative estimate of drug-likeness (QED) is 0.127. The summed E-state index contributed by atoms with van der Waals surface area (Å²) in [6.07, 6.45) is -3.61. The van der Waals surface area contributed by atoms with E-state index in [2.05, 4.69) is 0 Å². The molecule has 13 nitrogen and oxygen atoms in total. The Hall–Kier alpha value is -5.24. The second-order valence-corrected chi connectivity index (χ2v) is 13.4. The molecule has 7 rings (SSSR count). The van der Waals surface area contributed by atoms with Crippen molar-refractivity contribution in [3.63, 3.8) is 0 Å². The van der Waals surface area contributed by atoms with Crippen LogP contribution in [0, 0.1) is 44.2 Å². The average molecular weight is 671 g/mol. The van der Waals surface area contributed by atoms with Gasteiger partial charge in [-0.25, -0.2) is 0 Å². The zero-order valence-corrected chi connectivity index (χ0v) is 26.8. The van der Waals surface area contributed by atoms with Gasteiger partial charge in [0.1, 0.15) is 23.7 Å². The van der Waals surface area contributed by atoms with E-state index in [0.29, 0.717) is 0 Å². The highest BCUT2D eigenvalue weighted by Crippen LogP contribution is 2.70. The molecule has 0 bridgehead atoms. The number of Topliss-reactive ketones (excluding diaryl/α,β-unsaturated/α-hetero) is 1. The first-order valence-corrected chi connectivity index (χ1v) is 15.4. The Morgan fingerprint density at radius 3 is 2.12 bits per heavy atom. The Balaban J connectivity index is 1.59. The number of rotatable bonds is 2. The van der Waals surface area contributed by atoms with E-state index in [0.717, 1.165) is 13.0 Å². The number of esters is 1. The smallest absolute Gasteiger partial charge is 0.302 e. The number of ether oxygens (including phenoxy) is 2. The van der Waals surface area contributed by atoms with Crippen molar-refractivity contribution in [1.29, 1.82) is 0 Å². The van der Waals surface area contributed by atoms with Gasteiger partial charge >= 0.3 is 5.97 Å². The molecule has 1 heterocycles. The predicted octanol–water partition coefficient (Wildman–Crippen LogP) is -1.05. The third kappa shape index (κ3) is 3.80. The van der Waals surface area contributed by atoms with Crippen molar-refractivity contribution in [2.75, 3.05) is 0 Å². The van der Waals surface area contributed by atoms with Crippen LogP contribution >= 0.6 is 0 Å². The lowest BCUT2D eigenvalue weighted by atomic mass is 9.58. The van der Waals surface area contributed by atoms with E-state index < -0.39 is 96.8 Å². The van der Waals surface area contributed by atoms with Crippen molar-refractivity contribution in [3.8, 4) is 5.75 Å². The van der Waals surface area contributed by atoms with Gasteiger partial charge in [-0.3, -0.25) is 28.8 Å². The Labute approximate surface area is 273 Å².